The highest BCUT2D eigenvalue weighted by atomic mass is 16.1. The van der Waals surface area contributed by atoms with Crippen molar-refractivity contribution in [3.63, 3.8) is 0 Å². The molecule has 5 N–H and O–H groups in total. The molecule has 0 saturated heterocycles. The summed E-state index contributed by atoms with van der Waals surface area (Å²) in [7, 11) is 0. The lowest BCUT2D eigenvalue weighted by Gasteiger charge is -2.02. The van der Waals surface area contributed by atoms with Gasteiger partial charge < -0.3 is 21.1 Å². The number of pyridine rings is 1. The highest BCUT2D eigenvalue weighted by Gasteiger charge is 2.10. The van der Waals surface area contributed by atoms with Crippen LogP contribution in [0, 0.1) is 5.41 Å². The van der Waals surface area contributed by atoms with E-state index in [2.05, 4.69) is 19.9 Å². The number of fused-ring (bicyclic) bond motifs is 1. The number of nitrogens with one attached hydrogen (secondary N) is 3. The van der Waals surface area contributed by atoms with Crippen molar-refractivity contribution >= 4 is 22.8 Å². The first-order valence-electron chi connectivity index (χ1n) is 6.17. The van der Waals surface area contributed by atoms with Gasteiger partial charge in [0.1, 0.15) is 5.65 Å². The molecule has 104 valence electrons. The van der Waals surface area contributed by atoms with Gasteiger partial charge in [-0.1, -0.05) is 0 Å². The number of aromatic nitrogens is 4. The number of H-pyrrole nitrogens is 2. The van der Waals surface area contributed by atoms with Gasteiger partial charge in [-0.25, -0.2) is 4.98 Å². The van der Waals surface area contributed by atoms with E-state index in [9.17, 15) is 4.79 Å². The average molecular weight is 280 g/mol. The summed E-state index contributed by atoms with van der Waals surface area (Å²) in [5.41, 5.74) is 8.58. The number of nitrogens with zero attached hydrogens (tertiary/aromatic N) is 2. The second-order valence-electron chi connectivity index (χ2n) is 4.40. The van der Waals surface area contributed by atoms with Crippen LogP contribution in [0.15, 0.2) is 41.8 Å². The van der Waals surface area contributed by atoms with Crippen molar-refractivity contribution in [1.29, 1.82) is 5.41 Å². The first-order valence-corrected chi connectivity index (χ1v) is 6.17. The molecule has 3 aromatic rings. The second-order valence-corrected chi connectivity index (χ2v) is 4.40. The summed E-state index contributed by atoms with van der Waals surface area (Å²) >= 11 is 0. The fraction of sp³-hybridized carbons (Fsp3) is 0. The van der Waals surface area contributed by atoms with E-state index in [0.717, 1.165) is 16.5 Å². The summed E-state index contributed by atoms with van der Waals surface area (Å²) in [6.45, 7) is 0. The van der Waals surface area contributed by atoms with Gasteiger partial charge in [-0.2, -0.15) is 0 Å². The minimum absolute atomic E-state index is 0.270. The molecule has 7 heteroatoms. The number of allylic oxidation sites excluding steroid dienone is 1. The summed E-state index contributed by atoms with van der Waals surface area (Å²) in [6, 6.07) is 1.86. The van der Waals surface area contributed by atoms with Gasteiger partial charge in [-0.3, -0.25) is 9.78 Å². The fourth-order valence-electron chi connectivity index (χ4n) is 2.13. The van der Waals surface area contributed by atoms with E-state index in [4.69, 9.17) is 11.1 Å². The molecule has 3 rings (SSSR count). The van der Waals surface area contributed by atoms with Crippen LogP contribution in [-0.2, 0) is 0 Å². The van der Waals surface area contributed by atoms with Crippen LogP contribution in [0.1, 0.15) is 5.56 Å². The van der Waals surface area contributed by atoms with Gasteiger partial charge in [0.2, 0.25) is 0 Å². The Bertz CT molecular complexity index is 905. The van der Waals surface area contributed by atoms with E-state index in [1.807, 2.05) is 6.07 Å². The first-order chi connectivity index (χ1) is 10.2. The first kappa shape index (κ1) is 12.8. The average Bonchev–Trinajstić information content (AvgIpc) is 2.92. The van der Waals surface area contributed by atoms with Crippen LogP contribution >= 0.6 is 0 Å². The summed E-state index contributed by atoms with van der Waals surface area (Å²) in [6.07, 6.45) is 8.71. The summed E-state index contributed by atoms with van der Waals surface area (Å²) in [5.74, 6) is 0. The van der Waals surface area contributed by atoms with Crippen molar-refractivity contribution in [3.05, 3.63) is 53.0 Å². The number of hydrogen-bond donors (Lipinski definition) is 4. The molecule has 0 aliphatic heterocycles. The Balaban J connectivity index is 2.23. The van der Waals surface area contributed by atoms with E-state index in [1.165, 1.54) is 18.6 Å². The molecule has 0 atom stereocenters. The zero-order valence-corrected chi connectivity index (χ0v) is 10.9. The molecule has 0 fully saturated rings. The van der Waals surface area contributed by atoms with E-state index < -0.39 is 0 Å². The summed E-state index contributed by atoms with van der Waals surface area (Å²) in [4.78, 5) is 25.3. The Morgan fingerprint density at radius 3 is 2.90 bits per heavy atom. The lowest BCUT2D eigenvalue weighted by atomic mass is 10.1. The maximum Gasteiger partial charge on any atom is 0.266 e. The highest BCUT2D eigenvalue weighted by molar-refractivity contribution is 6.09. The van der Waals surface area contributed by atoms with E-state index in [1.54, 1.807) is 18.6 Å². The zero-order chi connectivity index (χ0) is 14.8. The Hall–Kier alpha value is -3.22. The molecule has 0 unspecified atom stereocenters. The molecule has 0 amide bonds. The maximum atomic E-state index is 11.4. The minimum atomic E-state index is -0.270. The van der Waals surface area contributed by atoms with Gasteiger partial charge in [-0.05, 0) is 6.07 Å². The van der Waals surface area contributed by atoms with E-state index >= 15 is 0 Å². The van der Waals surface area contributed by atoms with E-state index in [-0.39, 0.29) is 5.56 Å². The topological polar surface area (TPSA) is 124 Å². The molecule has 0 saturated carbocycles. The smallest absolute Gasteiger partial charge is 0.266 e. The van der Waals surface area contributed by atoms with Crippen molar-refractivity contribution in [2.24, 2.45) is 5.73 Å². The monoisotopic (exact) mass is 280 g/mol. The predicted molar refractivity (Wildman–Crippen MR) is 80.9 cm³/mol. The lowest BCUT2D eigenvalue weighted by Crippen LogP contribution is -2.05. The lowest BCUT2D eigenvalue weighted by molar-refractivity contribution is 1.15. The van der Waals surface area contributed by atoms with Gasteiger partial charge in [0.25, 0.3) is 5.56 Å². The second kappa shape index (κ2) is 5.04. The molecule has 21 heavy (non-hydrogen) atoms. The third-order valence-electron chi connectivity index (χ3n) is 3.14. The molecule has 3 heterocycles. The molecule has 0 radical (unpaired) electrons. The number of nitrogens with two attached hydrogens (primary N) is 1. The van der Waals surface area contributed by atoms with Gasteiger partial charge in [0.15, 0.2) is 0 Å². The van der Waals surface area contributed by atoms with Crippen molar-refractivity contribution in [2.75, 3.05) is 0 Å². The molecule has 0 aliphatic rings. The van der Waals surface area contributed by atoms with Gasteiger partial charge >= 0.3 is 0 Å². The molecule has 7 nitrogen and oxygen atoms in total. The van der Waals surface area contributed by atoms with Crippen LogP contribution in [0.4, 0.5) is 0 Å². The highest BCUT2D eigenvalue weighted by Crippen LogP contribution is 2.27. The third kappa shape index (κ3) is 2.20. The molecule has 3 aromatic heterocycles. The van der Waals surface area contributed by atoms with Crippen LogP contribution in [0.2, 0.25) is 0 Å². The van der Waals surface area contributed by atoms with Crippen LogP contribution in [0.25, 0.3) is 27.9 Å². The predicted octanol–water partition coefficient (Wildman–Crippen LogP) is 1.26. The van der Waals surface area contributed by atoms with Crippen LogP contribution < -0.4 is 11.3 Å². The maximum absolute atomic E-state index is 11.4. The molecular formula is C14H12N6O. The molecule has 0 aromatic carbocycles. The van der Waals surface area contributed by atoms with Crippen molar-refractivity contribution in [1.82, 2.24) is 19.9 Å². The molecule has 0 spiro atoms. The Kier molecular flexibility index (Phi) is 3.07. The van der Waals surface area contributed by atoms with Crippen LogP contribution in [0.5, 0.6) is 0 Å². The largest absolute Gasteiger partial charge is 0.404 e. The minimum Gasteiger partial charge on any atom is -0.404 e. The molecule has 0 bridgehead atoms. The standard InChI is InChI=1S/C14H12N6O/c15-2-9(3-16)8-1-10-11(5-19-14(10)18-4-8)12-6-17-7-13(21)20-12/h1-7,15H,16H2,(H,18,19)(H,20,21). The quantitative estimate of drug-likeness (QED) is 0.539. The Morgan fingerprint density at radius 1 is 1.33 bits per heavy atom. The zero-order valence-electron chi connectivity index (χ0n) is 10.9. The summed E-state index contributed by atoms with van der Waals surface area (Å²) in [5, 5.41) is 8.16. The number of aromatic amines is 2. The molecule has 0 aliphatic carbocycles. The van der Waals surface area contributed by atoms with Crippen molar-refractivity contribution in [3.8, 4) is 11.3 Å². The van der Waals surface area contributed by atoms with Crippen LogP contribution in [-0.4, -0.2) is 26.2 Å². The Morgan fingerprint density at radius 2 is 2.19 bits per heavy atom. The van der Waals surface area contributed by atoms with Crippen molar-refractivity contribution < 1.29 is 0 Å². The normalized spacial score (nSPS) is 11.7. The van der Waals surface area contributed by atoms with Gasteiger partial charge in [0.05, 0.1) is 18.1 Å². The fourth-order valence-corrected chi connectivity index (χ4v) is 2.13. The number of hydrogen-bond acceptors (Lipinski definition) is 5. The van der Waals surface area contributed by atoms with Gasteiger partial charge in [-0.15, -0.1) is 0 Å². The number of rotatable bonds is 3. The van der Waals surface area contributed by atoms with Gasteiger partial charge in [0, 0.05) is 46.9 Å². The Labute approximate surface area is 119 Å². The third-order valence-corrected chi connectivity index (χ3v) is 3.14. The molecular weight excluding hydrogens is 268 g/mol. The summed E-state index contributed by atoms with van der Waals surface area (Å²) < 4.78 is 0. The SMILES string of the molecule is N=CC(=CN)c1cnc2[nH]cc(-c3cncc(=O)[nH]3)c2c1. The van der Waals surface area contributed by atoms with Crippen LogP contribution in [0.3, 0.4) is 0 Å². The van der Waals surface area contributed by atoms with E-state index in [0.29, 0.717) is 16.9 Å². The van der Waals surface area contributed by atoms with Crippen molar-refractivity contribution in [2.45, 2.75) is 0 Å².